The third-order valence-corrected chi connectivity index (χ3v) is 3.82. The average Bonchev–Trinajstić information content (AvgIpc) is 2.41. The molecular weight excluding hydrogens is 266 g/mol. The minimum atomic E-state index is -0.797. The first-order chi connectivity index (χ1) is 9.04. The maximum absolute atomic E-state index is 11.1. The molecular formula is C13H14ClN3O2. The van der Waals surface area contributed by atoms with Crippen LogP contribution in [0.1, 0.15) is 24.0 Å². The summed E-state index contributed by atoms with van der Waals surface area (Å²) in [6, 6.07) is 2.11. The number of carbonyl (C=O) groups is 1. The fraction of sp³-hybridized carbons (Fsp3) is 0.462. The monoisotopic (exact) mass is 279 g/mol. The van der Waals surface area contributed by atoms with E-state index in [-0.39, 0.29) is 0 Å². The molecule has 6 heteroatoms. The smallest absolute Gasteiger partial charge is 0.308 e. The molecule has 100 valence electrons. The number of anilines is 1. The molecule has 1 atom stereocenters. The van der Waals surface area contributed by atoms with Gasteiger partial charge in [-0.3, -0.25) is 4.79 Å². The lowest BCUT2D eigenvalue weighted by Gasteiger charge is -2.32. The molecule has 1 fully saturated rings. The normalized spacial score (nSPS) is 19.0. The minimum absolute atomic E-state index is 0.387. The van der Waals surface area contributed by atoms with Crippen molar-refractivity contribution in [1.82, 2.24) is 4.98 Å². The molecule has 1 aliphatic heterocycles. The van der Waals surface area contributed by atoms with Gasteiger partial charge in [-0.25, -0.2) is 4.98 Å². The van der Waals surface area contributed by atoms with Gasteiger partial charge in [0, 0.05) is 19.3 Å². The molecule has 19 heavy (non-hydrogen) atoms. The van der Waals surface area contributed by atoms with Gasteiger partial charge in [-0.2, -0.15) is 5.26 Å². The topological polar surface area (TPSA) is 77.2 Å². The Morgan fingerprint density at radius 3 is 3.05 bits per heavy atom. The summed E-state index contributed by atoms with van der Waals surface area (Å²) < 4.78 is 0. The van der Waals surface area contributed by atoms with Gasteiger partial charge in [0.05, 0.1) is 16.5 Å². The number of carboxylic acid groups (broad SMARTS) is 1. The molecule has 0 aliphatic carbocycles. The van der Waals surface area contributed by atoms with Crippen LogP contribution in [0.4, 0.5) is 5.82 Å². The molecule has 0 amide bonds. The van der Waals surface area contributed by atoms with Gasteiger partial charge in [-0.05, 0) is 25.3 Å². The van der Waals surface area contributed by atoms with E-state index in [1.807, 2.05) is 4.90 Å². The molecule has 2 rings (SSSR count). The predicted octanol–water partition coefficient (Wildman–Crippen LogP) is 2.22. The number of hydrogen-bond donors (Lipinski definition) is 1. The first kappa shape index (κ1) is 13.6. The van der Waals surface area contributed by atoms with Gasteiger partial charge >= 0.3 is 5.97 Å². The van der Waals surface area contributed by atoms with Crippen LogP contribution in [0.2, 0.25) is 5.02 Å². The van der Waals surface area contributed by atoms with E-state index >= 15 is 0 Å². The molecule has 1 unspecified atom stereocenters. The van der Waals surface area contributed by atoms with Crippen LogP contribution < -0.4 is 4.90 Å². The van der Waals surface area contributed by atoms with Crippen LogP contribution >= 0.6 is 11.6 Å². The molecule has 1 aliphatic rings. The third-order valence-electron chi connectivity index (χ3n) is 3.44. The maximum atomic E-state index is 11.1. The van der Waals surface area contributed by atoms with Gasteiger partial charge < -0.3 is 10.0 Å². The van der Waals surface area contributed by atoms with E-state index < -0.39 is 11.9 Å². The second-order valence-corrected chi connectivity index (χ2v) is 5.07. The van der Waals surface area contributed by atoms with E-state index in [4.69, 9.17) is 16.7 Å². The summed E-state index contributed by atoms with van der Waals surface area (Å²) in [5.41, 5.74) is 1.12. The first-order valence-electron chi connectivity index (χ1n) is 6.07. The number of nitriles is 1. The number of piperidine rings is 1. The van der Waals surface area contributed by atoms with Crippen molar-refractivity contribution < 1.29 is 9.90 Å². The number of halogens is 1. The number of carboxylic acids is 1. The highest BCUT2D eigenvalue weighted by Gasteiger charge is 2.28. The lowest BCUT2D eigenvalue weighted by Crippen LogP contribution is -2.39. The average molecular weight is 280 g/mol. The van der Waals surface area contributed by atoms with Crippen LogP contribution in [0.5, 0.6) is 0 Å². The fourth-order valence-corrected chi connectivity index (χ4v) is 2.45. The SMILES string of the molecule is Cc1c(Cl)cnc(N2CCCC(C(=O)O)C2)c1C#N. The van der Waals surface area contributed by atoms with Crippen LogP contribution in [-0.2, 0) is 4.79 Å². The third kappa shape index (κ3) is 2.64. The summed E-state index contributed by atoms with van der Waals surface area (Å²) in [5.74, 6) is -0.665. The van der Waals surface area contributed by atoms with Crippen LogP contribution in [0.25, 0.3) is 0 Å². The second-order valence-electron chi connectivity index (χ2n) is 4.66. The summed E-state index contributed by atoms with van der Waals surface area (Å²) in [4.78, 5) is 17.1. The molecule has 0 saturated carbocycles. The standard InChI is InChI=1S/C13H14ClN3O2/c1-8-10(5-15)12(16-6-11(8)14)17-4-2-3-9(7-17)13(18)19/h6,9H,2-4,7H2,1H3,(H,18,19). The molecule has 0 radical (unpaired) electrons. The van der Waals surface area contributed by atoms with Crippen molar-refractivity contribution in [3.63, 3.8) is 0 Å². The number of nitrogens with zero attached hydrogens (tertiary/aromatic N) is 3. The summed E-state index contributed by atoms with van der Waals surface area (Å²) in [7, 11) is 0. The Morgan fingerprint density at radius 2 is 2.42 bits per heavy atom. The molecule has 1 aromatic heterocycles. The number of hydrogen-bond acceptors (Lipinski definition) is 4. The van der Waals surface area contributed by atoms with Crippen molar-refractivity contribution in [2.24, 2.45) is 5.92 Å². The molecule has 2 heterocycles. The second kappa shape index (κ2) is 5.45. The fourth-order valence-electron chi connectivity index (χ4n) is 2.31. The number of aromatic nitrogens is 1. The van der Waals surface area contributed by atoms with E-state index in [0.717, 1.165) is 6.42 Å². The zero-order chi connectivity index (χ0) is 14.0. The molecule has 5 nitrogen and oxygen atoms in total. The van der Waals surface area contributed by atoms with E-state index in [9.17, 15) is 10.1 Å². The Labute approximate surface area is 116 Å². The minimum Gasteiger partial charge on any atom is -0.481 e. The Bertz CT molecular complexity index is 554. The summed E-state index contributed by atoms with van der Waals surface area (Å²) >= 11 is 5.96. The van der Waals surface area contributed by atoms with Crippen molar-refractivity contribution in [3.8, 4) is 6.07 Å². The van der Waals surface area contributed by atoms with Crippen LogP contribution in [0.15, 0.2) is 6.20 Å². The molecule has 1 N–H and O–H groups in total. The van der Waals surface area contributed by atoms with Gasteiger partial charge in [0.2, 0.25) is 0 Å². The molecule has 0 bridgehead atoms. The lowest BCUT2D eigenvalue weighted by molar-refractivity contribution is -0.141. The van der Waals surface area contributed by atoms with Gasteiger partial charge in [0.1, 0.15) is 11.9 Å². The summed E-state index contributed by atoms with van der Waals surface area (Å²) in [6.45, 7) is 2.87. The quantitative estimate of drug-likeness (QED) is 0.898. The highest BCUT2D eigenvalue weighted by atomic mass is 35.5. The largest absolute Gasteiger partial charge is 0.481 e. The van der Waals surface area contributed by atoms with Crippen molar-refractivity contribution >= 4 is 23.4 Å². The van der Waals surface area contributed by atoms with Crippen molar-refractivity contribution in [2.45, 2.75) is 19.8 Å². The Kier molecular flexibility index (Phi) is 3.91. The lowest BCUT2D eigenvalue weighted by atomic mass is 9.97. The van der Waals surface area contributed by atoms with Crippen LogP contribution in [-0.4, -0.2) is 29.1 Å². The van der Waals surface area contributed by atoms with Gasteiger partial charge in [0.25, 0.3) is 0 Å². The molecule has 1 saturated heterocycles. The number of aliphatic carboxylic acids is 1. The van der Waals surface area contributed by atoms with Crippen LogP contribution in [0.3, 0.4) is 0 Å². The molecule has 0 spiro atoms. The van der Waals surface area contributed by atoms with E-state index in [1.54, 1.807) is 6.92 Å². The first-order valence-corrected chi connectivity index (χ1v) is 6.45. The van der Waals surface area contributed by atoms with E-state index in [2.05, 4.69) is 11.1 Å². The molecule has 0 aromatic carbocycles. The van der Waals surface area contributed by atoms with Crippen molar-refractivity contribution in [3.05, 3.63) is 22.3 Å². The Balaban J connectivity index is 2.34. The summed E-state index contributed by atoms with van der Waals surface area (Å²) in [6.07, 6.45) is 2.96. The Morgan fingerprint density at radius 1 is 1.68 bits per heavy atom. The van der Waals surface area contributed by atoms with Crippen molar-refractivity contribution in [1.29, 1.82) is 5.26 Å². The maximum Gasteiger partial charge on any atom is 0.308 e. The molecule has 1 aromatic rings. The van der Waals surface area contributed by atoms with Gasteiger partial charge in [-0.1, -0.05) is 11.6 Å². The van der Waals surface area contributed by atoms with Crippen molar-refractivity contribution in [2.75, 3.05) is 18.0 Å². The predicted molar refractivity (Wildman–Crippen MR) is 71.3 cm³/mol. The number of pyridine rings is 1. The van der Waals surface area contributed by atoms with Gasteiger partial charge in [0.15, 0.2) is 0 Å². The number of rotatable bonds is 2. The zero-order valence-electron chi connectivity index (χ0n) is 10.6. The Hall–Kier alpha value is -1.80. The highest BCUT2D eigenvalue weighted by Crippen LogP contribution is 2.29. The zero-order valence-corrected chi connectivity index (χ0v) is 11.3. The van der Waals surface area contributed by atoms with E-state index in [0.29, 0.717) is 41.5 Å². The highest BCUT2D eigenvalue weighted by molar-refractivity contribution is 6.31. The van der Waals surface area contributed by atoms with Crippen LogP contribution in [0, 0.1) is 24.2 Å². The van der Waals surface area contributed by atoms with Gasteiger partial charge in [-0.15, -0.1) is 0 Å². The summed E-state index contributed by atoms with van der Waals surface area (Å²) in [5, 5.41) is 18.8. The van der Waals surface area contributed by atoms with E-state index in [1.165, 1.54) is 6.20 Å².